The molecule has 23 heavy (non-hydrogen) atoms. The van der Waals surface area contributed by atoms with Crippen LogP contribution in [0.15, 0.2) is 6.07 Å². The topological polar surface area (TPSA) is 99.5 Å². The molecule has 0 fully saturated rings. The van der Waals surface area contributed by atoms with E-state index in [1.165, 1.54) is 5.69 Å². The Balaban J connectivity index is 1.70. The van der Waals surface area contributed by atoms with E-state index in [2.05, 4.69) is 38.4 Å². The van der Waals surface area contributed by atoms with Crippen molar-refractivity contribution in [3.63, 3.8) is 0 Å². The van der Waals surface area contributed by atoms with E-state index in [1.807, 2.05) is 30.1 Å². The van der Waals surface area contributed by atoms with Crippen molar-refractivity contribution < 1.29 is 0 Å². The molecular formula is C15H22N8. The van der Waals surface area contributed by atoms with Gasteiger partial charge in [-0.3, -0.25) is 4.68 Å². The van der Waals surface area contributed by atoms with E-state index >= 15 is 0 Å². The number of aromatic nitrogens is 6. The highest BCUT2D eigenvalue weighted by atomic mass is 15.3. The summed E-state index contributed by atoms with van der Waals surface area (Å²) in [5.74, 6) is 1.82. The number of rotatable bonds is 5. The molecule has 3 aromatic heterocycles. The first-order valence-electron chi connectivity index (χ1n) is 7.67. The van der Waals surface area contributed by atoms with Gasteiger partial charge in [-0.1, -0.05) is 0 Å². The van der Waals surface area contributed by atoms with E-state index in [0.717, 1.165) is 42.2 Å². The standard InChI is InChI=1S/C15H22N8/c1-9-8-10(2)23(21-9)7-5-6-17-13-12-14(20-15(16)19-13)22(4)11(3)18-12/h8H,5-7H2,1-4H3,(H3,16,17,19,20). The lowest BCUT2D eigenvalue weighted by Crippen LogP contribution is -2.11. The summed E-state index contributed by atoms with van der Waals surface area (Å²) in [5.41, 5.74) is 9.53. The van der Waals surface area contributed by atoms with Gasteiger partial charge in [0, 0.05) is 25.8 Å². The fourth-order valence-corrected chi connectivity index (χ4v) is 2.65. The van der Waals surface area contributed by atoms with Crippen LogP contribution in [0.5, 0.6) is 0 Å². The Morgan fingerprint density at radius 2 is 1.96 bits per heavy atom. The van der Waals surface area contributed by atoms with Gasteiger partial charge in [-0.25, -0.2) is 4.98 Å². The van der Waals surface area contributed by atoms with Gasteiger partial charge in [-0.05, 0) is 33.3 Å². The van der Waals surface area contributed by atoms with Crippen LogP contribution in [0, 0.1) is 20.8 Å². The van der Waals surface area contributed by atoms with E-state index in [-0.39, 0.29) is 5.95 Å². The van der Waals surface area contributed by atoms with Crippen LogP contribution in [-0.2, 0) is 13.6 Å². The fourth-order valence-electron chi connectivity index (χ4n) is 2.65. The molecule has 3 aromatic rings. The number of nitrogens with two attached hydrogens (primary N) is 1. The van der Waals surface area contributed by atoms with E-state index in [1.54, 1.807) is 0 Å². The molecule has 0 amide bonds. The smallest absolute Gasteiger partial charge is 0.224 e. The maximum Gasteiger partial charge on any atom is 0.224 e. The first-order valence-corrected chi connectivity index (χ1v) is 7.67. The summed E-state index contributed by atoms with van der Waals surface area (Å²) in [6, 6.07) is 2.08. The van der Waals surface area contributed by atoms with Crippen molar-refractivity contribution in [2.24, 2.45) is 7.05 Å². The molecule has 122 valence electrons. The predicted molar refractivity (Wildman–Crippen MR) is 90.3 cm³/mol. The average Bonchev–Trinajstić information content (AvgIpc) is 2.96. The first kappa shape index (κ1) is 15.3. The number of nitrogens with one attached hydrogen (secondary N) is 1. The monoisotopic (exact) mass is 314 g/mol. The van der Waals surface area contributed by atoms with Crippen molar-refractivity contribution in [2.45, 2.75) is 33.7 Å². The van der Waals surface area contributed by atoms with Gasteiger partial charge in [-0.2, -0.15) is 15.1 Å². The molecule has 8 heteroatoms. The third kappa shape index (κ3) is 2.96. The van der Waals surface area contributed by atoms with Gasteiger partial charge in [-0.15, -0.1) is 0 Å². The Bertz CT molecular complexity index is 845. The number of hydrogen-bond donors (Lipinski definition) is 2. The average molecular weight is 314 g/mol. The Hall–Kier alpha value is -2.64. The van der Waals surface area contributed by atoms with Crippen molar-refractivity contribution in [1.82, 2.24) is 29.3 Å². The second-order valence-corrected chi connectivity index (χ2v) is 5.75. The lowest BCUT2D eigenvalue weighted by Gasteiger charge is -2.08. The molecule has 0 aliphatic heterocycles. The minimum atomic E-state index is 0.251. The minimum absolute atomic E-state index is 0.251. The molecule has 0 aliphatic carbocycles. The Morgan fingerprint density at radius 3 is 2.65 bits per heavy atom. The van der Waals surface area contributed by atoms with Gasteiger partial charge in [0.2, 0.25) is 5.95 Å². The number of aryl methyl sites for hydroxylation is 5. The predicted octanol–water partition coefficient (Wildman–Crippen LogP) is 1.57. The Labute approximate surface area is 134 Å². The van der Waals surface area contributed by atoms with Gasteiger partial charge < -0.3 is 15.6 Å². The molecule has 0 aliphatic rings. The molecule has 3 rings (SSSR count). The van der Waals surface area contributed by atoms with E-state index < -0.39 is 0 Å². The van der Waals surface area contributed by atoms with Gasteiger partial charge >= 0.3 is 0 Å². The minimum Gasteiger partial charge on any atom is -0.368 e. The molecule has 3 N–H and O–H groups in total. The van der Waals surface area contributed by atoms with Crippen LogP contribution in [0.25, 0.3) is 11.2 Å². The second kappa shape index (κ2) is 5.86. The van der Waals surface area contributed by atoms with Crippen molar-refractivity contribution in [3.8, 4) is 0 Å². The maximum absolute atomic E-state index is 5.80. The Morgan fingerprint density at radius 1 is 1.17 bits per heavy atom. The molecule has 0 saturated heterocycles. The van der Waals surface area contributed by atoms with Crippen molar-refractivity contribution in [3.05, 3.63) is 23.3 Å². The summed E-state index contributed by atoms with van der Waals surface area (Å²) >= 11 is 0. The van der Waals surface area contributed by atoms with E-state index in [4.69, 9.17) is 5.73 Å². The molecule has 0 saturated carbocycles. The molecule has 0 spiro atoms. The molecule has 0 bridgehead atoms. The van der Waals surface area contributed by atoms with Crippen LogP contribution in [0.4, 0.5) is 11.8 Å². The molecule has 3 heterocycles. The SMILES string of the molecule is Cc1cc(C)n(CCCNc2nc(N)nc3c2nc(C)n3C)n1. The highest BCUT2D eigenvalue weighted by Crippen LogP contribution is 2.20. The molecule has 0 unspecified atom stereocenters. The number of anilines is 2. The van der Waals surface area contributed by atoms with Gasteiger partial charge in [0.05, 0.1) is 5.69 Å². The third-order valence-corrected chi connectivity index (χ3v) is 3.90. The van der Waals surface area contributed by atoms with Crippen LogP contribution in [-0.4, -0.2) is 35.8 Å². The van der Waals surface area contributed by atoms with E-state index in [9.17, 15) is 0 Å². The summed E-state index contributed by atoms with van der Waals surface area (Å²) in [5, 5.41) is 7.78. The number of imidazole rings is 1. The number of hydrogen-bond acceptors (Lipinski definition) is 6. The van der Waals surface area contributed by atoms with Gasteiger partial charge in [0.15, 0.2) is 17.0 Å². The third-order valence-electron chi connectivity index (χ3n) is 3.90. The molecule has 8 nitrogen and oxygen atoms in total. The summed E-state index contributed by atoms with van der Waals surface area (Å²) in [7, 11) is 1.92. The number of nitrogens with zero attached hydrogens (tertiary/aromatic N) is 6. The zero-order valence-corrected chi connectivity index (χ0v) is 14.0. The van der Waals surface area contributed by atoms with Crippen LogP contribution in [0.2, 0.25) is 0 Å². The maximum atomic E-state index is 5.80. The zero-order chi connectivity index (χ0) is 16.6. The number of nitrogen functional groups attached to an aromatic ring is 1. The van der Waals surface area contributed by atoms with Crippen LogP contribution < -0.4 is 11.1 Å². The van der Waals surface area contributed by atoms with Gasteiger partial charge in [0.1, 0.15) is 5.82 Å². The van der Waals surface area contributed by atoms with Crippen molar-refractivity contribution >= 4 is 22.9 Å². The molecule has 0 atom stereocenters. The summed E-state index contributed by atoms with van der Waals surface area (Å²) < 4.78 is 3.93. The van der Waals surface area contributed by atoms with E-state index in [0.29, 0.717) is 5.82 Å². The summed E-state index contributed by atoms with van der Waals surface area (Å²) in [4.78, 5) is 13.0. The second-order valence-electron chi connectivity index (χ2n) is 5.75. The molecular weight excluding hydrogens is 292 g/mol. The fraction of sp³-hybridized carbons (Fsp3) is 0.467. The lowest BCUT2D eigenvalue weighted by molar-refractivity contribution is 0.573. The quantitative estimate of drug-likeness (QED) is 0.693. The van der Waals surface area contributed by atoms with Crippen LogP contribution in [0.1, 0.15) is 23.6 Å². The lowest BCUT2D eigenvalue weighted by atomic mass is 10.3. The van der Waals surface area contributed by atoms with Crippen molar-refractivity contribution in [1.29, 1.82) is 0 Å². The molecule has 0 radical (unpaired) electrons. The van der Waals surface area contributed by atoms with Crippen LogP contribution >= 0.6 is 0 Å². The highest BCUT2D eigenvalue weighted by molar-refractivity contribution is 5.84. The normalized spacial score (nSPS) is 11.3. The first-order chi connectivity index (χ1) is 11.0. The Kier molecular flexibility index (Phi) is 3.89. The van der Waals surface area contributed by atoms with Crippen molar-refractivity contribution in [2.75, 3.05) is 17.6 Å². The summed E-state index contributed by atoms with van der Waals surface area (Å²) in [6.45, 7) is 7.63. The number of fused-ring (bicyclic) bond motifs is 1. The summed E-state index contributed by atoms with van der Waals surface area (Å²) in [6.07, 6.45) is 0.930. The zero-order valence-electron chi connectivity index (χ0n) is 14.0. The van der Waals surface area contributed by atoms with Crippen LogP contribution in [0.3, 0.4) is 0 Å². The molecule has 0 aromatic carbocycles. The largest absolute Gasteiger partial charge is 0.368 e. The van der Waals surface area contributed by atoms with Gasteiger partial charge in [0.25, 0.3) is 0 Å². The highest BCUT2D eigenvalue weighted by Gasteiger charge is 2.12.